The van der Waals surface area contributed by atoms with Gasteiger partial charge in [-0.05, 0) is 29.7 Å². The molecule has 24 heavy (non-hydrogen) atoms. The van der Waals surface area contributed by atoms with Crippen LogP contribution in [0.2, 0.25) is 0 Å². The minimum atomic E-state index is -0.0303. The van der Waals surface area contributed by atoms with E-state index in [9.17, 15) is 4.79 Å². The first-order valence-corrected chi connectivity index (χ1v) is 8.99. The Bertz CT molecular complexity index is 715. The number of nitrogens with one attached hydrogen (secondary N) is 1. The maximum absolute atomic E-state index is 12.1. The van der Waals surface area contributed by atoms with E-state index in [0.717, 1.165) is 36.1 Å². The molecule has 1 atom stereocenters. The molecule has 1 saturated heterocycles. The zero-order valence-electron chi connectivity index (χ0n) is 13.5. The normalized spacial score (nSPS) is 18.1. The molecular weight excluding hydrogens is 364 g/mol. The smallest absolute Gasteiger partial charge is 0.244 e. The molecule has 0 radical (unpaired) electrons. The predicted molar refractivity (Wildman–Crippen MR) is 101 cm³/mol. The van der Waals surface area contributed by atoms with Crippen LogP contribution in [0, 0.1) is 0 Å². The number of hydrogen-bond donors (Lipinski definition) is 1. The van der Waals surface area contributed by atoms with Gasteiger partial charge in [0.2, 0.25) is 5.91 Å². The van der Waals surface area contributed by atoms with Crippen molar-refractivity contribution in [1.82, 2.24) is 10.2 Å². The number of nitrogens with zero attached hydrogens (tertiary/aromatic N) is 1. The zero-order valence-corrected chi connectivity index (χ0v) is 15.1. The lowest BCUT2D eigenvalue weighted by Gasteiger charge is -2.16. The highest BCUT2D eigenvalue weighted by Crippen LogP contribution is 2.17. The molecule has 0 aromatic heterocycles. The minimum absolute atomic E-state index is 0.0303. The molecule has 2 aromatic carbocycles. The third-order valence-electron chi connectivity index (χ3n) is 4.19. The fraction of sp³-hybridized carbons (Fsp3) is 0.250. The van der Waals surface area contributed by atoms with Crippen molar-refractivity contribution in [3.8, 4) is 0 Å². The molecule has 0 spiro atoms. The Morgan fingerprint density at radius 3 is 2.71 bits per heavy atom. The number of halogens is 1. The van der Waals surface area contributed by atoms with Crippen LogP contribution in [0.15, 0.2) is 65.1 Å². The van der Waals surface area contributed by atoms with Crippen molar-refractivity contribution >= 4 is 27.9 Å². The van der Waals surface area contributed by atoms with Crippen LogP contribution >= 0.6 is 15.9 Å². The second-order valence-electron chi connectivity index (χ2n) is 6.07. The molecule has 1 N–H and O–H groups in total. The van der Waals surface area contributed by atoms with Crippen LogP contribution in [0.25, 0.3) is 6.08 Å². The monoisotopic (exact) mass is 384 g/mol. The van der Waals surface area contributed by atoms with Crippen molar-refractivity contribution < 1.29 is 4.79 Å². The topological polar surface area (TPSA) is 32.3 Å². The van der Waals surface area contributed by atoms with Gasteiger partial charge < -0.3 is 5.32 Å². The maximum Gasteiger partial charge on any atom is 0.244 e. The molecule has 1 amide bonds. The summed E-state index contributed by atoms with van der Waals surface area (Å²) in [6.45, 7) is 2.87. The number of hydrogen-bond acceptors (Lipinski definition) is 2. The van der Waals surface area contributed by atoms with Crippen molar-refractivity contribution in [1.29, 1.82) is 0 Å². The molecule has 0 bridgehead atoms. The first-order chi connectivity index (χ1) is 11.7. The number of likely N-dealkylation sites (tertiary alicyclic amines) is 1. The summed E-state index contributed by atoms with van der Waals surface area (Å²) in [6.07, 6.45) is 4.46. The van der Waals surface area contributed by atoms with Crippen molar-refractivity contribution in [2.45, 2.75) is 19.0 Å². The van der Waals surface area contributed by atoms with E-state index in [1.165, 1.54) is 5.56 Å². The molecular formula is C20H21BrN2O. The van der Waals surface area contributed by atoms with E-state index in [2.05, 4.69) is 50.4 Å². The second kappa shape index (κ2) is 8.27. The Labute approximate surface area is 151 Å². The van der Waals surface area contributed by atoms with E-state index >= 15 is 0 Å². The summed E-state index contributed by atoms with van der Waals surface area (Å²) in [4.78, 5) is 14.5. The summed E-state index contributed by atoms with van der Waals surface area (Å²) in [5.41, 5.74) is 2.32. The molecule has 1 aliphatic rings. The molecule has 1 fully saturated rings. The van der Waals surface area contributed by atoms with E-state index in [4.69, 9.17) is 0 Å². The summed E-state index contributed by atoms with van der Waals surface area (Å²) in [5, 5.41) is 3.10. The Morgan fingerprint density at radius 2 is 1.92 bits per heavy atom. The highest BCUT2D eigenvalue weighted by atomic mass is 79.9. The standard InChI is InChI=1S/C20H21BrN2O/c21-19-9-5-4-8-17(19)10-11-20(24)22-18-12-13-23(15-18)14-16-6-2-1-3-7-16/h1-11,18H,12-15H2,(H,22,24)/b11-10+. The highest BCUT2D eigenvalue weighted by Gasteiger charge is 2.23. The summed E-state index contributed by atoms with van der Waals surface area (Å²) in [5.74, 6) is -0.0303. The van der Waals surface area contributed by atoms with Gasteiger partial charge >= 0.3 is 0 Å². The van der Waals surface area contributed by atoms with Crippen LogP contribution in [-0.2, 0) is 11.3 Å². The lowest BCUT2D eigenvalue weighted by Crippen LogP contribution is -2.35. The zero-order chi connectivity index (χ0) is 16.8. The Morgan fingerprint density at radius 1 is 1.17 bits per heavy atom. The lowest BCUT2D eigenvalue weighted by molar-refractivity contribution is -0.117. The predicted octanol–water partition coefficient (Wildman–Crippen LogP) is 3.85. The number of carbonyl (C=O) groups is 1. The fourth-order valence-corrected chi connectivity index (χ4v) is 3.38. The van der Waals surface area contributed by atoms with Gasteiger partial charge in [0.25, 0.3) is 0 Å². The third-order valence-corrected chi connectivity index (χ3v) is 4.91. The van der Waals surface area contributed by atoms with Gasteiger partial charge in [-0.3, -0.25) is 9.69 Å². The first-order valence-electron chi connectivity index (χ1n) is 8.20. The lowest BCUT2D eigenvalue weighted by atomic mass is 10.2. The van der Waals surface area contributed by atoms with Gasteiger partial charge in [0.1, 0.15) is 0 Å². The average Bonchev–Trinajstić information content (AvgIpc) is 3.02. The van der Waals surface area contributed by atoms with Crippen LogP contribution in [0.5, 0.6) is 0 Å². The number of carbonyl (C=O) groups excluding carboxylic acids is 1. The van der Waals surface area contributed by atoms with E-state index in [1.54, 1.807) is 6.08 Å². The van der Waals surface area contributed by atoms with Crippen LogP contribution in [0.1, 0.15) is 17.5 Å². The summed E-state index contributed by atoms with van der Waals surface area (Å²) in [7, 11) is 0. The van der Waals surface area contributed by atoms with Crippen LogP contribution in [-0.4, -0.2) is 29.9 Å². The van der Waals surface area contributed by atoms with E-state index in [1.807, 2.05) is 36.4 Å². The van der Waals surface area contributed by atoms with Crippen LogP contribution in [0.4, 0.5) is 0 Å². The largest absolute Gasteiger partial charge is 0.348 e. The Kier molecular flexibility index (Phi) is 5.83. The molecule has 3 rings (SSSR count). The van der Waals surface area contributed by atoms with Gasteiger partial charge in [0.05, 0.1) is 0 Å². The molecule has 1 heterocycles. The summed E-state index contributed by atoms with van der Waals surface area (Å²) >= 11 is 3.48. The van der Waals surface area contributed by atoms with Crippen LogP contribution < -0.4 is 5.32 Å². The number of amides is 1. The molecule has 124 valence electrons. The highest BCUT2D eigenvalue weighted by molar-refractivity contribution is 9.10. The molecule has 0 saturated carbocycles. The van der Waals surface area contributed by atoms with Crippen molar-refractivity contribution in [3.63, 3.8) is 0 Å². The van der Waals surface area contributed by atoms with Gasteiger partial charge in [-0.2, -0.15) is 0 Å². The summed E-state index contributed by atoms with van der Waals surface area (Å²) in [6, 6.07) is 18.6. The van der Waals surface area contributed by atoms with Crippen molar-refractivity contribution in [2.24, 2.45) is 0 Å². The number of rotatable bonds is 5. The molecule has 3 nitrogen and oxygen atoms in total. The van der Waals surface area contributed by atoms with E-state index < -0.39 is 0 Å². The minimum Gasteiger partial charge on any atom is -0.348 e. The Balaban J connectivity index is 1.48. The van der Waals surface area contributed by atoms with Crippen molar-refractivity contribution in [3.05, 3.63) is 76.3 Å². The molecule has 1 aliphatic heterocycles. The molecule has 2 aromatic rings. The summed E-state index contributed by atoms with van der Waals surface area (Å²) < 4.78 is 0.990. The van der Waals surface area contributed by atoms with Gasteiger partial charge in [0, 0.05) is 36.2 Å². The van der Waals surface area contributed by atoms with E-state index in [-0.39, 0.29) is 11.9 Å². The second-order valence-corrected chi connectivity index (χ2v) is 6.92. The van der Waals surface area contributed by atoms with Crippen LogP contribution in [0.3, 0.4) is 0 Å². The first kappa shape index (κ1) is 16.9. The van der Waals surface area contributed by atoms with Crippen molar-refractivity contribution in [2.75, 3.05) is 13.1 Å². The quantitative estimate of drug-likeness (QED) is 0.793. The molecule has 4 heteroatoms. The van der Waals surface area contributed by atoms with Gasteiger partial charge in [0.15, 0.2) is 0 Å². The van der Waals surface area contributed by atoms with Gasteiger partial charge in [-0.1, -0.05) is 64.5 Å². The SMILES string of the molecule is O=C(/C=C/c1ccccc1Br)NC1CCN(Cc2ccccc2)C1. The van der Waals surface area contributed by atoms with Gasteiger partial charge in [-0.15, -0.1) is 0 Å². The molecule has 0 aliphatic carbocycles. The number of benzene rings is 2. The fourth-order valence-electron chi connectivity index (χ4n) is 2.96. The molecule has 1 unspecified atom stereocenters. The average molecular weight is 385 g/mol. The third kappa shape index (κ3) is 4.79. The maximum atomic E-state index is 12.1. The van der Waals surface area contributed by atoms with E-state index in [0.29, 0.717) is 0 Å². The van der Waals surface area contributed by atoms with Gasteiger partial charge in [-0.25, -0.2) is 0 Å². The Hall–Kier alpha value is -1.91.